The number of hydrogen-bond acceptors (Lipinski definition) is 3. The van der Waals surface area contributed by atoms with Gasteiger partial charge in [0, 0.05) is 38.4 Å². The molecule has 4 rings (SSSR count). The maximum atomic E-state index is 12.7. The number of benzene rings is 1. The number of likely N-dealkylation sites (tertiary alicyclic amines) is 1. The second-order valence-electron chi connectivity index (χ2n) is 7.17. The van der Waals surface area contributed by atoms with Crippen molar-refractivity contribution in [1.82, 2.24) is 4.90 Å². The zero-order chi connectivity index (χ0) is 18.7. The molecule has 0 aromatic heterocycles. The topological polar surface area (TPSA) is 37.4 Å². The number of rotatable bonds is 2. The van der Waals surface area contributed by atoms with Gasteiger partial charge in [-0.05, 0) is 36.5 Å². The van der Waals surface area contributed by atoms with E-state index < -0.39 is 11.7 Å². The van der Waals surface area contributed by atoms with Crippen LogP contribution in [0.25, 0.3) is 0 Å². The van der Waals surface area contributed by atoms with Gasteiger partial charge in [-0.15, -0.1) is 0 Å². The monoisotopic (exact) mass is 365 g/mol. The Morgan fingerprint density at radius 2 is 1.92 bits per heavy atom. The van der Waals surface area contributed by atoms with E-state index in [-0.39, 0.29) is 11.7 Å². The fraction of sp³-hybridized carbons (Fsp3) is 0.500. The summed E-state index contributed by atoms with van der Waals surface area (Å²) in [7, 11) is 0. The Bertz CT molecular complexity index is 711. The minimum atomic E-state index is -4.30. The molecule has 2 unspecified atom stereocenters. The number of carbonyl (C=O) groups excluding carboxylic acids is 2. The molecule has 3 aliphatic rings. The average molecular weight is 365 g/mol. The Morgan fingerprint density at radius 1 is 1.12 bits per heavy atom. The van der Waals surface area contributed by atoms with Gasteiger partial charge in [0.15, 0.2) is 5.78 Å². The molecule has 2 aliphatic carbocycles. The molecule has 2 fully saturated rings. The smallest absolute Gasteiger partial charge is 0.299 e. The highest BCUT2D eigenvalue weighted by molar-refractivity contribution is 5.91. The summed E-state index contributed by atoms with van der Waals surface area (Å²) in [6, 6.07) is 5.45. The molecule has 2 atom stereocenters. The molecule has 0 bridgehead atoms. The van der Waals surface area contributed by atoms with Crippen LogP contribution < -0.4 is 0 Å². The lowest BCUT2D eigenvalue weighted by molar-refractivity contribution is -0.137. The molecule has 0 spiro atoms. The van der Waals surface area contributed by atoms with Crippen LogP contribution in [0.5, 0.6) is 0 Å². The van der Waals surface area contributed by atoms with Crippen LogP contribution in [-0.2, 0) is 22.3 Å². The Hall–Kier alpha value is -1.95. The molecule has 3 nitrogen and oxygen atoms in total. The Labute approximate surface area is 150 Å². The van der Waals surface area contributed by atoms with Gasteiger partial charge < -0.3 is 0 Å². The lowest BCUT2D eigenvalue weighted by Crippen LogP contribution is -2.23. The summed E-state index contributed by atoms with van der Waals surface area (Å²) in [5, 5.41) is 0. The number of hydrogen-bond donors (Lipinski definition) is 0. The minimum Gasteiger partial charge on any atom is -0.299 e. The minimum absolute atomic E-state index is 0.112. The van der Waals surface area contributed by atoms with E-state index in [1.807, 2.05) is 6.08 Å². The number of allylic oxidation sites excluding steroid dienone is 2. The molecule has 0 N–H and O–H groups in total. The Kier molecular flexibility index (Phi) is 5.61. The van der Waals surface area contributed by atoms with Crippen LogP contribution in [0.15, 0.2) is 36.4 Å². The molecular weight excluding hydrogens is 343 g/mol. The van der Waals surface area contributed by atoms with E-state index in [9.17, 15) is 22.8 Å². The maximum Gasteiger partial charge on any atom is 0.416 e. The number of nitrogens with zero attached hydrogens (tertiary/aromatic N) is 1. The quantitative estimate of drug-likeness (QED) is 0.794. The SMILES string of the molecule is O=C1C=CCC1.O=C1CCC2CN(Cc3cccc(C(F)(F)F)c3)CC12. The summed E-state index contributed by atoms with van der Waals surface area (Å²) in [5.74, 6) is 1.12. The first-order chi connectivity index (χ1) is 12.3. The summed E-state index contributed by atoms with van der Waals surface area (Å²) in [5.41, 5.74) is 0.0534. The third kappa shape index (κ3) is 4.61. The van der Waals surface area contributed by atoms with Crippen molar-refractivity contribution in [3.05, 3.63) is 47.5 Å². The van der Waals surface area contributed by atoms with Crippen molar-refractivity contribution >= 4 is 11.6 Å². The summed E-state index contributed by atoms with van der Waals surface area (Å²) in [6.07, 6.45) is 2.55. The van der Waals surface area contributed by atoms with Crippen molar-refractivity contribution in [3.63, 3.8) is 0 Å². The second-order valence-corrected chi connectivity index (χ2v) is 7.17. The van der Waals surface area contributed by atoms with E-state index in [0.29, 0.717) is 36.8 Å². The summed E-state index contributed by atoms with van der Waals surface area (Å²) < 4.78 is 38.0. The van der Waals surface area contributed by atoms with Crippen molar-refractivity contribution in [3.8, 4) is 0 Å². The van der Waals surface area contributed by atoms with Crippen LogP contribution in [0.3, 0.4) is 0 Å². The summed E-state index contributed by atoms with van der Waals surface area (Å²) >= 11 is 0. The zero-order valence-corrected chi connectivity index (χ0v) is 14.5. The highest BCUT2D eigenvalue weighted by Gasteiger charge is 2.41. The first-order valence-electron chi connectivity index (χ1n) is 8.93. The molecule has 1 aromatic rings. The van der Waals surface area contributed by atoms with Gasteiger partial charge in [-0.2, -0.15) is 13.2 Å². The molecule has 1 aliphatic heterocycles. The Balaban J connectivity index is 0.000000278. The average Bonchev–Trinajstić information content (AvgIpc) is 3.28. The molecule has 1 aromatic carbocycles. The number of ketones is 2. The second kappa shape index (κ2) is 7.74. The van der Waals surface area contributed by atoms with E-state index in [1.165, 1.54) is 12.1 Å². The fourth-order valence-corrected chi connectivity index (χ4v) is 3.89. The van der Waals surface area contributed by atoms with Crippen molar-refractivity contribution in [1.29, 1.82) is 0 Å². The fourth-order valence-electron chi connectivity index (χ4n) is 3.89. The van der Waals surface area contributed by atoms with Crippen LogP contribution in [-0.4, -0.2) is 29.6 Å². The molecule has 140 valence electrons. The van der Waals surface area contributed by atoms with Gasteiger partial charge in [-0.25, -0.2) is 0 Å². The first kappa shape index (κ1) is 18.8. The molecule has 1 heterocycles. The van der Waals surface area contributed by atoms with Crippen LogP contribution in [0.2, 0.25) is 0 Å². The Morgan fingerprint density at radius 3 is 2.50 bits per heavy atom. The standard InChI is InChI=1S/C15H16F3NO.C5H6O/c16-15(17,18)12-3-1-2-10(6-12)7-19-8-11-4-5-14(20)13(11)9-19;6-5-3-1-2-4-5/h1-3,6,11,13H,4-5,7-9H2;1,3H,2,4H2. The predicted octanol–water partition coefficient (Wildman–Crippen LogP) is 4.02. The van der Waals surface area contributed by atoms with Gasteiger partial charge in [-0.3, -0.25) is 14.5 Å². The summed E-state index contributed by atoms with van der Waals surface area (Å²) in [6.45, 7) is 2.01. The van der Waals surface area contributed by atoms with E-state index in [1.54, 1.807) is 12.1 Å². The number of Topliss-reactive ketones (excluding diaryl/α,β-unsaturated/α-hetero) is 1. The lowest BCUT2D eigenvalue weighted by Gasteiger charge is -2.17. The third-order valence-electron chi connectivity index (χ3n) is 5.21. The van der Waals surface area contributed by atoms with Gasteiger partial charge in [-0.1, -0.05) is 24.3 Å². The van der Waals surface area contributed by atoms with Gasteiger partial charge >= 0.3 is 6.18 Å². The van der Waals surface area contributed by atoms with Crippen LogP contribution >= 0.6 is 0 Å². The maximum absolute atomic E-state index is 12.7. The molecular formula is C20H22F3NO2. The van der Waals surface area contributed by atoms with Gasteiger partial charge in [0.25, 0.3) is 0 Å². The lowest BCUT2D eigenvalue weighted by atomic mass is 10.0. The molecule has 0 radical (unpaired) electrons. The highest BCUT2D eigenvalue weighted by atomic mass is 19.4. The van der Waals surface area contributed by atoms with E-state index in [2.05, 4.69) is 4.90 Å². The normalized spacial score (nSPS) is 25.3. The number of halogens is 3. The van der Waals surface area contributed by atoms with Crippen LogP contribution in [0, 0.1) is 11.8 Å². The van der Waals surface area contributed by atoms with E-state index in [0.717, 1.165) is 31.9 Å². The van der Waals surface area contributed by atoms with Crippen molar-refractivity contribution in [2.45, 2.75) is 38.4 Å². The van der Waals surface area contributed by atoms with Crippen LogP contribution in [0.4, 0.5) is 13.2 Å². The van der Waals surface area contributed by atoms with Gasteiger partial charge in [0.05, 0.1) is 5.56 Å². The summed E-state index contributed by atoms with van der Waals surface area (Å²) in [4.78, 5) is 23.9. The highest BCUT2D eigenvalue weighted by Crippen LogP contribution is 2.36. The van der Waals surface area contributed by atoms with Gasteiger partial charge in [0.2, 0.25) is 0 Å². The molecule has 1 saturated carbocycles. The van der Waals surface area contributed by atoms with Crippen molar-refractivity contribution in [2.75, 3.05) is 13.1 Å². The van der Waals surface area contributed by atoms with Gasteiger partial charge in [0.1, 0.15) is 5.78 Å². The molecule has 0 amide bonds. The third-order valence-corrected chi connectivity index (χ3v) is 5.21. The number of fused-ring (bicyclic) bond motifs is 1. The predicted molar refractivity (Wildman–Crippen MR) is 91.3 cm³/mol. The zero-order valence-electron chi connectivity index (χ0n) is 14.5. The van der Waals surface area contributed by atoms with E-state index in [4.69, 9.17) is 0 Å². The van der Waals surface area contributed by atoms with Crippen molar-refractivity contribution < 1.29 is 22.8 Å². The molecule has 1 saturated heterocycles. The van der Waals surface area contributed by atoms with E-state index >= 15 is 0 Å². The van der Waals surface area contributed by atoms with Crippen LogP contribution in [0.1, 0.15) is 36.8 Å². The van der Waals surface area contributed by atoms with Crippen molar-refractivity contribution in [2.24, 2.45) is 11.8 Å². The number of alkyl halides is 3. The first-order valence-corrected chi connectivity index (χ1v) is 8.93. The molecule has 6 heteroatoms. The number of carbonyl (C=O) groups is 2. The molecule has 26 heavy (non-hydrogen) atoms. The largest absolute Gasteiger partial charge is 0.416 e.